The van der Waals surface area contributed by atoms with Gasteiger partial charge in [0.15, 0.2) is 0 Å². The van der Waals surface area contributed by atoms with Crippen molar-refractivity contribution in [1.82, 2.24) is 15.0 Å². The fourth-order valence-electron chi connectivity index (χ4n) is 4.29. The third-order valence-corrected chi connectivity index (χ3v) is 7.09. The van der Waals surface area contributed by atoms with Crippen LogP contribution in [0.4, 0.5) is 14.6 Å². The fraction of sp³-hybridized carbons (Fsp3) is 0.526. The molecule has 5 rings (SSSR count). The SMILES string of the molecule is NC1=N[C@@]2(c3nc(NC(=O)c4cnc(OC(F)F)cn4)cs3)COC3(CCC3)C[C@H]2CO1. The van der Waals surface area contributed by atoms with Crippen LogP contribution in [0.3, 0.4) is 0 Å². The Morgan fingerprint density at radius 3 is 2.88 bits per heavy atom. The van der Waals surface area contributed by atoms with Crippen LogP contribution in [0.5, 0.6) is 5.88 Å². The molecule has 2 aliphatic heterocycles. The highest BCUT2D eigenvalue weighted by Crippen LogP contribution is 2.53. The number of halogens is 2. The number of fused-ring (bicyclic) bond motifs is 1. The number of nitrogens with one attached hydrogen (secondary N) is 1. The van der Waals surface area contributed by atoms with Crippen LogP contribution >= 0.6 is 11.3 Å². The molecule has 0 radical (unpaired) electrons. The second kappa shape index (κ2) is 7.89. The number of ether oxygens (including phenoxy) is 3. The molecule has 4 heterocycles. The molecule has 2 aromatic heterocycles. The zero-order chi connectivity index (χ0) is 22.3. The van der Waals surface area contributed by atoms with E-state index >= 15 is 0 Å². The number of aliphatic imine (C=N–C) groups is 1. The van der Waals surface area contributed by atoms with Crippen LogP contribution in [0.15, 0.2) is 22.8 Å². The van der Waals surface area contributed by atoms with Gasteiger partial charge < -0.3 is 25.3 Å². The smallest absolute Gasteiger partial charge is 0.388 e. The van der Waals surface area contributed by atoms with Gasteiger partial charge in [0.2, 0.25) is 5.88 Å². The van der Waals surface area contributed by atoms with Gasteiger partial charge in [0, 0.05) is 11.3 Å². The molecule has 13 heteroatoms. The van der Waals surface area contributed by atoms with Crippen LogP contribution in [0.1, 0.15) is 41.2 Å². The summed E-state index contributed by atoms with van der Waals surface area (Å²) in [4.78, 5) is 29.1. The standard InChI is InChI=1S/C19H20F2N6O4S/c20-16(21)31-13-6-23-11(5-24-13)14(28)25-12-8-32-15(26-12)19-9-30-18(2-1-3-18)4-10(19)7-29-17(22)27-19/h5-6,8,10,16H,1-4,7,9H2,(H2,22,27)(H,25,28)/t10-,19-/m0/s1. The van der Waals surface area contributed by atoms with Crippen LogP contribution in [0.2, 0.25) is 0 Å². The van der Waals surface area contributed by atoms with Gasteiger partial charge in [-0.3, -0.25) is 4.79 Å². The summed E-state index contributed by atoms with van der Waals surface area (Å²) < 4.78 is 40.3. The molecule has 1 saturated carbocycles. The molecule has 10 nitrogen and oxygen atoms in total. The summed E-state index contributed by atoms with van der Waals surface area (Å²) in [6.45, 7) is -2.24. The predicted molar refractivity (Wildman–Crippen MR) is 109 cm³/mol. The van der Waals surface area contributed by atoms with Gasteiger partial charge in [-0.1, -0.05) is 0 Å². The molecule has 0 aromatic carbocycles. The molecule has 0 unspecified atom stereocenters. The summed E-state index contributed by atoms with van der Waals surface area (Å²) >= 11 is 1.34. The number of alkyl halides is 2. The van der Waals surface area contributed by atoms with Crippen molar-refractivity contribution in [2.45, 2.75) is 43.4 Å². The summed E-state index contributed by atoms with van der Waals surface area (Å²) in [6, 6.07) is 0.0941. The highest BCUT2D eigenvalue weighted by Gasteiger charge is 2.56. The lowest BCUT2D eigenvalue weighted by Crippen LogP contribution is -2.58. The van der Waals surface area contributed by atoms with E-state index in [2.05, 4.69) is 30.0 Å². The van der Waals surface area contributed by atoms with Crippen molar-refractivity contribution in [3.8, 4) is 5.88 Å². The summed E-state index contributed by atoms with van der Waals surface area (Å²) in [5.74, 6) is -0.599. The lowest BCUT2D eigenvalue weighted by molar-refractivity contribution is -0.182. The molecular formula is C19H20F2N6O4S. The fourth-order valence-corrected chi connectivity index (χ4v) is 5.25. The summed E-state index contributed by atoms with van der Waals surface area (Å²) in [6.07, 6.45) is 6.02. The van der Waals surface area contributed by atoms with Gasteiger partial charge in [0.25, 0.3) is 11.9 Å². The van der Waals surface area contributed by atoms with Gasteiger partial charge in [-0.05, 0) is 25.7 Å². The number of carbonyl (C=O) groups excluding carboxylic acids is 1. The lowest BCUT2D eigenvalue weighted by atomic mass is 9.67. The Labute approximate surface area is 185 Å². The average Bonchev–Trinajstić information content (AvgIpc) is 3.21. The lowest BCUT2D eigenvalue weighted by Gasteiger charge is -2.53. The molecular weight excluding hydrogens is 446 g/mol. The minimum atomic E-state index is -3.02. The number of anilines is 1. The molecule has 3 N–H and O–H groups in total. The van der Waals surface area contributed by atoms with Crippen molar-refractivity contribution in [2.75, 3.05) is 18.5 Å². The van der Waals surface area contributed by atoms with Gasteiger partial charge in [-0.2, -0.15) is 8.78 Å². The molecule has 2 fully saturated rings. The van der Waals surface area contributed by atoms with E-state index in [1.165, 1.54) is 11.3 Å². The number of amidine groups is 1. The number of nitrogens with two attached hydrogens (primary N) is 1. The first-order valence-electron chi connectivity index (χ1n) is 10.0. The second-order valence-corrected chi connectivity index (χ2v) is 8.88. The normalized spacial score (nSPS) is 26.0. The monoisotopic (exact) mass is 466 g/mol. The van der Waals surface area contributed by atoms with Crippen LogP contribution in [0.25, 0.3) is 0 Å². The van der Waals surface area contributed by atoms with Crippen molar-refractivity contribution in [3.63, 3.8) is 0 Å². The largest absolute Gasteiger partial charge is 0.465 e. The Balaban J connectivity index is 1.33. The average molecular weight is 466 g/mol. The summed E-state index contributed by atoms with van der Waals surface area (Å²) in [7, 11) is 0. The van der Waals surface area contributed by atoms with Crippen molar-refractivity contribution in [2.24, 2.45) is 16.6 Å². The molecule has 1 amide bonds. The van der Waals surface area contributed by atoms with Crippen LogP contribution < -0.4 is 15.8 Å². The first kappa shape index (κ1) is 20.9. The van der Waals surface area contributed by atoms with Crippen molar-refractivity contribution in [1.29, 1.82) is 0 Å². The van der Waals surface area contributed by atoms with E-state index in [-0.39, 0.29) is 29.1 Å². The number of hydrogen-bond donors (Lipinski definition) is 2. The zero-order valence-electron chi connectivity index (χ0n) is 16.8. The van der Waals surface area contributed by atoms with E-state index in [1.807, 2.05) is 0 Å². The molecule has 3 aliphatic rings. The van der Waals surface area contributed by atoms with Gasteiger partial charge in [0.05, 0.1) is 31.2 Å². The Morgan fingerprint density at radius 1 is 1.34 bits per heavy atom. The minimum Gasteiger partial charge on any atom is -0.465 e. The molecule has 1 saturated heterocycles. The van der Waals surface area contributed by atoms with Gasteiger partial charge in [0.1, 0.15) is 22.1 Å². The molecule has 1 spiro atoms. The Morgan fingerprint density at radius 2 is 2.19 bits per heavy atom. The first-order valence-corrected chi connectivity index (χ1v) is 10.9. The van der Waals surface area contributed by atoms with Crippen LogP contribution in [0, 0.1) is 5.92 Å². The van der Waals surface area contributed by atoms with E-state index < -0.39 is 18.1 Å². The maximum absolute atomic E-state index is 12.5. The highest BCUT2D eigenvalue weighted by atomic mass is 32.1. The second-order valence-electron chi connectivity index (χ2n) is 8.02. The third-order valence-electron chi connectivity index (χ3n) is 6.09. The van der Waals surface area contributed by atoms with Gasteiger partial charge in [-0.25, -0.2) is 19.9 Å². The molecule has 2 aromatic rings. The quantitative estimate of drug-likeness (QED) is 0.686. The topological polar surface area (TPSA) is 134 Å². The summed E-state index contributed by atoms with van der Waals surface area (Å²) in [5.41, 5.74) is 4.96. The van der Waals surface area contributed by atoms with Gasteiger partial charge >= 0.3 is 6.61 Å². The molecule has 1 aliphatic carbocycles. The third kappa shape index (κ3) is 3.75. The Bertz CT molecular complexity index is 1040. The van der Waals surface area contributed by atoms with Crippen LogP contribution in [-0.2, 0) is 15.0 Å². The zero-order valence-corrected chi connectivity index (χ0v) is 17.6. The van der Waals surface area contributed by atoms with Crippen molar-refractivity contribution < 1.29 is 27.8 Å². The van der Waals surface area contributed by atoms with E-state index in [4.69, 9.17) is 15.2 Å². The minimum absolute atomic E-state index is 0.0618. The molecule has 2 atom stereocenters. The number of thiazole rings is 1. The summed E-state index contributed by atoms with van der Waals surface area (Å²) in [5, 5.41) is 5.00. The number of hydrogen-bond acceptors (Lipinski definition) is 10. The predicted octanol–water partition coefficient (Wildman–Crippen LogP) is 2.29. The molecule has 32 heavy (non-hydrogen) atoms. The maximum Gasteiger partial charge on any atom is 0.388 e. The van der Waals surface area contributed by atoms with E-state index in [0.717, 1.165) is 38.1 Å². The van der Waals surface area contributed by atoms with E-state index in [1.54, 1.807) is 5.38 Å². The van der Waals surface area contributed by atoms with Crippen molar-refractivity contribution in [3.05, 3.63) is 28.5 Å². The highest BCUT2D eigenvalue weighted by molar-refractivity contribution is 7.10. The van der Waals surface area contributed by atoms with E-state index in [9.17, 15) is 13.6 Å². The Kier molecular flexibility index (Phi) is 5.16. The molecule has 170 valence electrons. The van der Waals surface area contributed by atoms with E-state index in [0.29, 0.717) is 24.0 Å². The maximum atomic E-state index is 12.5. The van der Waals surface area contributed by atoms with Gasteiger partial charge in [-0.15, -0.1) is 11.3 Å². The molecule has 0 bridgehead atoms. The number of amides is 1. The number of nitrogens with zero attached hydrogens (tertiary/aromatic N) is 4. The van der Waals surface area contributed by atoms with Crippen molar-refractivity contribution >= 4 is 29.1 Å². The van der Waals surface area contributed by atoms with Crippen LogP contribution in [-0.4, -0.2) is 52.3 Å². The number of carbonyl (C=O) groups is 1. The first-order chi connectivity index (χ1) is 15.4. The number of rotatable bonds is 5. The Hall–Kier alpha value is -2.93. The number of aromatic nitrogens is 3.